The summed E-state index contributed by atoms with van der Waals surface area (Å²) >= 11 is 0. The number of carboxylic acid groups (broad SMARTS) is 1. The summed E-state index contributed by atoms with van der Waals surface area (Å²) in [6, 6.07) is 14.6. The molecule has 1 fully saturated rings. The molecule has 1 saturated heterocycles. The van der Waals surface area contributed by atoms with Crippen molar-refractivity contribution in [2.45, 2.75) is 37.5 Å². The fourth-order valence-electron chi connectivity index (χ4n) is 4.15. The van der Waals surface area contributed by atoms with Crippen LogP contribution in [-0.2, 0) is 25.8 Å². The fourth-order valence-corrected chi connectivity index (χ4v) is 4.15. The number of anilines is 1. The molecule has 1 spiro atoms. The number of hydrogen-bond donors (Lipinski definition) is 3. The number of likely N-dealkylation sites (tertiary alicyclic amines) is 1. The molecule has 1 aromatic heterocycles. The number of hydrogen-bond acceptors (Lipinski definition) is 8. The summed E-state index contributed by atoms with van der Waals surface area (Å²) in [5.41, 5.74) is 0.187. The van der Waals surface area contributed by atoms with Crippen LogP contribution in [0.5, 0.6) is 0 Å². The van der Waals surface area contributed by atoms with Gasteiger partial charge in [0.05, 0.1) is 19.0 Å². The van der Waals surface area contributed by atoms with Gasteiger partial charge in [0.25, 0.3) is 5.91 Å². The molecule has 2 atom stereocenters. The van der Waals surface area contributed by atoms with Crippen molar-refractivity contribution in [3.63, 3.8) is 0 Å². The molecule has 0 radical (unpaired) electrons. The second-order valence-corrected chi connectivity index (χ2v) is 8.51. The minimum absolute atomic E-state index is 0.00521. The topological polar surface area (TPSA) is 142 Å². The van der Waals surface area contributed by atoms with Crippen molar-refractivity contribution in [2.75, 3.05) is 25.0 Å². The van der Waals surface area contributed by atoms with Crippen LogP contribution in [0.15, 0.2) is 59.9 Å². The maximum absolute atomic E-state index is 13.0. The Kier molecular flexibility index (Phi) is 7.44. The number of carbonyl (C=O) groups excluding carboxylic acids is 2. The number of nitrogens with one attached hydrogen (secondary N) is 2. The van der Waals surface area contributed by atoms with Crippen molar-refractivity contribution in [3.05, 3.63) is 60.3 Å². The van der Waals surface area contributed by atoms with Crippen LogP contribution in [0, 0.1) is 0 Å². The molecule has 3 N–H and O–H groups in total. The molecular weight excluding hydrogens is 454 g/mol. The number of amides is 2. The number of ether oxygens (including phenoxy) is 1. The van der Waals surface area contributed by atoms with E-state index >= 15 is 0 Å². The smallest absolute Gasteiger partial charge is 0.410 e. The van der Waals surface area contributed by atoms with Gasteiger partial charge in [-0.1, -0.05) is 41.6 Å². The van der Waals surface area contributed by atoms with E-state index in [9.17, 15) is 14.4 Å². The highest BCUT2D eigenvalue weighted by atomic mass is 16.7. The van der Waals surface area contributed by atoms with Gasteiger partial charge >= 0.3 is 12.1 Å². The summed E-state index contributed by atoms with van der Waals surface area (Å²) in [5.74, 6) is -0.806. The highest BCUT2D eigenvalue weighted by Gasteiger charge is 2.52. The minimum atomic E-state index is -1.00. The maximum atomic E-state index is 13.0. The summed E-state index contributed by atoms with van der Waals surface area (Å²) in [6.45, 7) is 0.736. The standard InChI is InChI=1S/C24H27N5O6/c30-21(31)9-11-26-22(32)19-13-24(35-28-19)12-18(14-27-20-8-4-5-10-25-20)29(16-24)23(33)34-15-17-6-2-1-3-7-17/h1-8,10,18H,9,11-16H2,(H,25,27)(H,26,32)(H,30,31). The molecule has 2 aliphatic heterocycles. The number of aliphatic carboxylic acids is 1. The van der Waals surface area contributed by atoms with Crippen LogP contribution >= 0.6 is 0 Å². The van der Waals surface area contributed by atoms with Crippen LogP contribution in [0.2, 0.25) is 0 Å². The van der Waals surface area contributed by atoms with Crippen LogP contribution in [0.25, 0.3) is 0 Å². The summed E-state index contributed by atoms with van der Waals surface area (Å²) in [4.78, 5) is 47.7. The molecule has 3 heterocycles. The first-order chi connectivity index (χ1) is 16.9. The predicted molar refractivity (Wildman–Crippen MR) is 126 cm³/mol. The van der Waals surface area contributed by atoms with Crippen LogP contribution in [-0.4, -0.2) is 69.9 Å². The number of carboxylic acids is 1. The fraction of sp³-hybridized carbons (Fsp3) is 0.375. The first-order valence-corrected chi connectivity index (χ1v) is 11.3. The number of oxime groups is 1. The van der Waals surface area contributed by atoms with Gasteiger partial charge < -0.3 is 25.3 Å². The Bertz CT molecular complexity index is 1080. The molecule has 2 amide bonds. The Labute approximate surface area is 202 Å². The molecule has 0 bridgehead atoms. The molecule has 2 aromatic rings. The number of nitrogens with zero attached hydrogens (tertiary/aromatic N) is 3. The Hall–Kier alpha value is -4.15. The molecule has 11 nitrogen and oxygen atoms in total. The van der Waals surface area contributed by atoms with Crippen molar-refractivity contribution < 1.29 is 29.1 Å². The Morgan fingerprint density at radius 2 is 1.97 bits per heavy atom. The molecule has 0 saturated carbocycles. The van der Waals surface area contributed by atoms with E-state index in [-0.39, 0.29) is 44.3 Å². The number of pyridine rings is 1. The minimum Gasteiger partial charge on any atom is -0.481 e. The molecule has 2 aliphatic rings. The Morgan fingerprint density at radius 3 is 2.71 bits per heavy atom. The molecule has 35 heavy (non-hydrogen) atoms. The lowest BCUT2D eigenvalue weighted by molar-refractivity contribution is -0.136. The second-order valence-electron chi connectivity index (χ2n) is 8.51. The molecule has 0 aliphatic carbocycles. The quantitative estimate of drug-likeness (QED) is 0.494. The largest absolute Gasteiger partial charge is 0.481 e. The lowest BCUT2D eigenvalue weighted by Gasteiger charge is -2.24. The summed E-state index contributed by atoms with van der Waals surface area (Å²) < 4.78 is 5.56. The zero-order valence-corrected chi connectivity index (χ0v) is 19.1. The zero-order chi connectivity index (χ0) is 24.7. The van der Waals surface area contributed by atoms with Crippen molar-refractivity contribution in [1.29, 1.82) is 0 Å². The highest BCUT2D eigenvalue weighted by Crippen LogP contribution is 2.38. The average molecular weight is 482 g/mol. The highest BCUT2D eigenvalue weighted by molar-refractivity contribution is 6.39. The average Bonchev–Trinajstić information content (AvgIpc) is 3.45. The van der Waals surface area contributed by atoms with Gasteiger partial charge in [0.15, 0.2) is 5.60 Å². The van der Waals surface area contributed by atoms with E-state index < -0.39 is 23.6 Å². The second kappa shape index (κ2) is 10.9. The molecule has 11 heteroatoms. The first kappa shape index (κ1) is 24.0. The summed E-state index contributed by atoms with van der Waals surface area (Å²) in [6.07, 6.45) is 1.64. The van der Waals surface area contributed by atoms with Gasteiger partial charge in [-0.05, 0) is 17.7 Å². The first-order valence-electron chi connectivity index (χ1n) is 11.3. The molecule has 2 unspecified atom stereocenters. The number of benzene rings is 1. The van der Waals surface area contributed by atoms with Crippen LogP contribution < -0.4 is 10.6 Å². The van der Waals surface area contributed by atoms with Crippen molar-refractivity contribution in [2.24, 2.45) is 5.16 Å². The number of carbonyl (C=O) groups is 3. The Morgan fingerprint density at radius 1 is 1.17 bits per heavy atom. The van der Waals surface area contributed by atoms with Crippen molar-refractivity contribution in [3.8, 4) is 0 Å². The van der Waals surface area contributed by atoms with E-state index in [1.807, 2.05) is 48.5 Å². The van der Waals surface area contributed by atoms with Crippen LogP contribution in [0.4, 0.5) is 10.6 Å². The summed E-state index contributed by atoms with van der Waals surface area (Å²) in [7, 11) is 0. The van der Waals surface area contributed by atoms with E-state index in [1.54, 1.807) is 11.1 Å². The van der Waals surface area contributed by atoms with Gasteiger partial charge in [-0.3, -0.25) is 14.5 Å². The Balaban J connectivity index is 1.40. The molecule has 1 aromatic carbocycles. The SMILES string of the molecule is O=C(O)CCNC(=O)C1=NOC2(C1)CC(CNc1ccccn1)N(C(=O)OCc1ccccc1)C2. The zero-order valence-electron chi connectivity index (χ0n) is 19.1. The lowest BCUT2D eigenvalue weighted by atomic mass is 9.94. The van der Waals surface area contributed by atoms with E-state index in [4.69, 9.17) is 14.7 Å². The van der Waals surface area contributed by atoms with Gasteiger partial charge in [-0.2, -0.15) is 0 Å². The van der Waals surface area contributed by atoms with E-state index in [1.165, 1.54) is 0 Å². The van der Waals surface area contributed by atoms with E-state index in [2.05, 4.69) is 20.8 Å². The molecule has 184 valence electrons. The van der Waals surface area contributed by atoms with Gasteiger partial charge in [-0.25, -0.2) is 9.78 Å². The molecular formula is C24H27N5O6. The van der Waals surface area contributed by atoms with Crippen molar-refractivity contribution >= 4 is 29.5 Å². The van der Waals surface area contributed by atoms with Gasteiger partial charge in [0.1, 0.15) is 18.1 Å². The third kappa shape index (κ3) is 6.25. The molecule has 4 rings (SSSR count). The third-order valence-electron chi connectivity index (χ3n) is 5.86. The van der Waals surface area contributed by atoms with Crippen LogP contribution in [0.3, 0.4) is 0 Å². The van der Waals surface area contributed by atoms with Gasteiger partial charge in [0.2, 0.25) is 0 Å². The monoisotopic (exact) mass is 481 g/mol. The third-order valence-corrected chi connectivity index (χ3v) is 5.86. The van der Waals surface area contributed by atoms with E-state index in [0.717, 1.165) is 5.56 Å². The van der Waals surface area contributed by atoms with E-state index in [0.29, 0.717) is 18.8 Å². The predicted octanol–water partition coefficient (Wildman–Crippen LogP) is 2.01. The summed E-state index contributed by atoms with van der Waals surface area (Å²) in [5, 5.41) is 18.5. The van der Waals surface area contributed by atoms with Gasteiger partial charge in [-0.15, -0.1) is 0 Å². The normalized spacial score (nSPS) is 20.7. The lowest BCUT2D eigenvalue weighted by Crippen LogP contribution is -2.41. The maximum Gasteiger partial charge on any atom is 0.410 e. The van der Waals surface area contributed by atoms with Crippen molar-refractivity contribution in [1.82, 2.24) is 15.2 Å². The number of rotatable bonds is 9. The van der Waals surface area contributed by atoms with Gasteiger partial charge in [0, 0.05) is 32.1 Å². The van der Waals surface area contributed by atoms with Crippen LogP contribution in [0.1, 0.15) is 24.8 Å². The number of aromatic nitrogens is 1.